The number of likely N-dealkylation sites (tertiary alicyclic amines) is 1. The smallest absolute Gasteiger partial charge is 0.251 e. The summed E-state index contributed by atoms with van der Waals surface area (Å²) in [7, 11) is -3.46. The van der Waals surface area contributed by atoms with Crippen LogP contribution in [-0.4, -0.2) is 62.8 Å². The van der Waals surface area contributed by atoms with Crippen LogP contribution < -0.4 is 5.32 Å². The molecule has 1 N–H and O–H groups in total. The van der Waals surface area contributed by atoms with Crippen LogP contribution in [0.4, 0.5) is 0 Å². The van der Waals surface area contributed by atoms with Crippen molar-refractivity contribution in [2.75, 3.05) is 39.3 Å². The van der Waals surface area contributed by atoms with Crippen LogP contribution in [0.25, 0.3) is 0 Å². The number of hydrogen-bond donors (Lipinski definition) is 1. The average Bonchev–Trinajstić information content (AvgIpc) is 3.00. The highest BCUT2D eigenvalue weighted by Gasteiger charge is 2.25. The molecule has 0 aliphatic carbocycles. The first-order chi connectivity index (χ1) is 12.6. The number of nitrogens with zero attached hydrogens (tertiary/aromatic N) is 2. The standard InChI is InChI=1S/C19H29N3O3S/c23-19(20-11-16-21-12-5-6-13-21)17-7-9-18(10-8-17)26(24,25)22-14-3-1-2-4-15-22/h7-10H,1-6,11-16H2,(H,20,23). The minimum Gasteiger partial charge on any atom is -0.351 e. The van der Waals surface area contributed by atoms with Gasteiger partial charge in [-0.15, -0.1) is 0 Å². The molecule has 0 saturated carbocycles. The zero-order valence-electron chi connectivity index (χ0n) is 15.3. The van der Waals surface area contributed by atoms with Crippen LogP contribution in [0.2, 0.25) is 0 Å². The molecule has 0 aromatic heterocycles. The quantitative estimate of drug-likeness (QED) is 0.822. The normalized spacial score (nSPS) is 20.0. The molecule has 2 aliphatic heterocycles. The van der Waals surface area contributed by atoms with Crippen LogP contribution in [-0.2, 0) is 10.0 Å². The molecule has 6 nitrogen and oxygen atoms in total. The number of amides is 1. The van der Waals surface area contributed by atoms with Gasteiger partial charge in [0, 0.05) is 31.7 Å². The van der Waals surface area contributed by atoms with Gasteiger partial charge in [-0.1, -0.05) is 12.8 Å². The number of carbonyl (C=O) groups is 1. The van der Waals surface area contributed by atoms with Gasteiger partial charge in [-0.2, -0.15) is 4.31 Å². The van der Waals surface area contributed by atoms with Gasteiger partial charge < -0.3 is 10.2 Å². The molecule has 0 unspecified atom stereocenters. The van der Waals surface area contributed by atoms with Gasteiger partial charge in [0.05, 0.1) is 4.90 Å². The van der Waals surface area contributed by atoms with E-state index >= 15 is 0 Å². The van der Waals surface area contributed by atoms with E-state index in [4.69, 9.17) is 0 Å². The molecule has 1 aromatic carbocycles. The monoisotopic (exact) mass is 379 g/mol. The number of hydrogen-bond acceptors (Lipinski definition) is 4. The molecule has 1 aromatic rings. The SMILES string of the molecule is O=C(NCCN1CCCC1)c1ccc(S(=O)(=O)N2CCCCCC2)cc1. The van der Waals surface area contributed by atoms with Crippen molar-refractivity contribution in [1.29, 1.82) is 0 Å². The Morgan fingerprint density at radius 1 is 0.885 bits per heavy atom. The van der Waals surface area contributed by atoms with Crippen LogP contribution in [0.15, 0.2) is 29.2 Å². The van der Waals surface area contributed by atoms with E-state index in [0.29, 0.717) is 25.2 Å². The highest BCUT2D eigenvalue weighted by Crippen LogP contribution is 2.20. The minimum atomic E-state index is -3.46. The van der Waals surface area contributed by atoms with Crippen molar-refractivity contribution < 1.29 is 13.2 Å². The third-order valence-electron chi connectivity index (χ3n) is 5.23. The fourth-order valence-corrected chi connectivity index (χ4v) is 5.16. The molecule has 2 aliphatic rings. The highest BCUT2D eigenvalue weighted by atomic mass is 32.2. The number of rotatable bonds is 6. The first kappa shape index (κ1) is 19.3. The Morgan fingerprint density at radius 3 is 2.08 bits per heavy atom. The average molecular weight is 380 g/mol. The van der Waals surface area contributed by atoms with Crippen LogP contribution in [0, 0.1) is 0 Å². The van der Waals surface area contributed by atoms with Crippen molar-refractivity contribution in [2.45, 2.75) is 43.4 Å². The predicted molar refractivity (Wildman–Crippen MR) is 102 cm³/mol. The molecule has 1 amide bonds. The summed E-state index contributed by atoms with van der Waals surface area (Å²) in [4.78, 5) is 14.9. The Morgan fingerprint density at radius 2 is 1.46 bits per heavy atom. The van der Waals surface area contributed by atoms with Gasteiger partial charge >= 0.3 is 0 Å². The summed E-state index contributed by atoms with van der Waals surface area (Å²) in [6.07, 6.45) is 6.47. The van der Waals surface area contributed by atoms with Crippen molar-refractivity contribution in [3.63, 3.8) is 0 Å². The minimum absolute atomic E-state index is 0.150. The summed E-state index contributed by atoms with van der Waals surface area (Å²) >= 11 is 0. The first-order valence-corrected chi connectivity index (χ1v) is 11.1. The third-order valence-corrected chi connectivity index (χ3v) is 7.14. The summed E-state index contributed by atoms with van der Waals surface area (Å²) in [5.74, 6) is -0.150. The van der Waals surface area contributed by atoms with E-state index in [2.05, 4.69) is 10.2 Å². The van der Waals surface area contributed by atoms with Gasteiger partial charge in [-0.3, -0.25) is 4.79 Å². The Hall–Kier alpha value is -1.44. The third kappa shape index (κ3) is 4.84. The van der Waals surface area contributed by atoms with Gasteiger partial charge in [0.15, 0.2) is 0 Å². The predicted octanol–water partition coefficient (Wildman–Crippen LogP) is 2.08. The molecule has 144 valence electrons. The zero-order chi connectivity index (χ0) is 18.4. The number of sulfonamides is 1. The molecule has 0 radical (unpaired) electrons. The molecule has 26 heavy (non-hydrogen) atoms. The molecule has 0 bridgehead atoms. The summed E-state index contributed by atoms with van der Waals surface area (Å²) in [6.45, 7) is 4.87. The van der Waals surface area contributed by atoms with Crippen molar-refractivity contribution in [3.8, 4) is 0 Å². The molecule has 3 rings (SSSR count). The van der Waals surface area contributed by atoms with E-state index < -0.39 is 10.0 Å². The van der Waals surface area contributed by atoms with E-state index in [0.717, 1.165) is 45.3 Å². The van der Waals surface area contributed by atoms with E-state index in [1.807, 2.05) is 0 Å². The van der Waals surface area contributed by atoms with E-state index in [9.17, 15) is 13.2 Å². The lowest BCUT2D eigenvalue weighted by atomic mass is 10.2. The van der Waals surface area contributed by atoms with Gasteiger partial charge in [0.25, 0.3) is 5.91 Å². The zero-order valence-corrected chi connectivity index (χ0v) is 16.1. The van der Waals surface area contributed by atoms with E-state index in [1.54, 1.807) is 28.6 Å². The fourth-order valence-electron chi connectivity index (χ4n) is 3.65. The molecule has 0 spiro atoms. The van der Waals surface area contributed by atoms with Gasteiger partial charge in [0.1, 0.15) is 0 Å². The molecule has 0 atom stereocenters. The molecular weight excluding hydrogens is 350 g/mol. The molecule has 7 heteroatoms. The van der Waals surface area contributed by atoms with Crippen molar-refractivity contribution in [2.24, 2.45) is 0 Å². The van der Waals surface area contributed by atoms with Gasteiger partial charge in [0.2, 0.25) is 10.0 Å². The largest absolute Gasteiger partial charge is 0.351 e. The molecule has 2 heterocycles. The lowest BCUT2D eigenvalue weighted by molar-refractivity contribution is 0.0949. The summed E-state index contributed by atoms with van der Waals surface area (Å²) in [5, 5.41) is 2.92. The van der Waals surface area contributed by atoms with Gasteiger partial charge in [-0.25, -0.2) is 8.42 Å². The second-order valence-electron chi connectivity index (χ2n) is 7.15. The topological polar surface area (TPSA) is 69.7 Å². The second-order valence-corrected chi connectivity index (χ2v) is 9.09. The molecule has 2 fully saturated rings. The van der Waals surface area contributed by atoms with Crippen molar-refractivity contribution in [1.82, 2.24) is 14.5 Å². The summed E-state index contributed by atoms with van der Waals surface area (Å²) in [6, 6.07) is 6.32. The summed E-state index contributed by atoms with van der Waals surface area (Å²) in [5.41, 5.74) is 0.501. The van der Waals surface area contributed by atoms with Gasteiger partial charge in [-0.05, 0) is 63.0 Å². The van der Waals surface area contributed by atoms with Crippen LogP contribution >= 0.6 is 0 Å². The fraction of sp³-hybridized carbons (Fsp3) is 0.632. The molecular formula is C19H29N3O3S. The lowest BCUT2D eigenvalue weighted by Crippen LogP contribution is -2.33. The molecule has 2 saturated heterocycles. The lowest BCUT2D eigenvalue weighted by Gasteiger charge is -2.20. The highest BCUT2D eigenvalue weighted by molar-refractivity contribution is 7.89. The Bertz CT molecular complexity index is 689. The van der Waals surface area contributed by atoms with Crippen molar-refractivity contribution >= 4 is 15.9 Å². The van der Waals surface area contributed by atoms with Crippen LogP contribution in [0.1, 0.15) is 48.9 Å². The maximum atomic E-state index is 12.8. The van der Waals surface area contributed by atoms with E-state index in [-0.39, 0.29) is 10.8 Å². The number of nitrogens with one attached hydrogen (secondary N) is 1. The maximum Gasteiger partial charge on any atom is 0.251 e. The number of benzene rings is 1. The summed E-state index contributed by atoms with van der Waals surface area (Å²) < 4.78 is 27.1. The Balaban J connectivity index is 1.57. The maximum absolute atomic E-state index is 12.8. The van der Waals surface area contributed by atoms with Crippen molar-refractivity contribution in [3.05, 3.63) is 29.8 Å². The Kier molecular flexibility index (Phi) is 6.67. The van der Waals surface area contributed by atoms with Crippen LogP contribution in [0.3, 0.4) is 0 Å². The van der Waals surface area contributed by atoms with Crippen LogP contribution in [0.5, 0.6) is 0 Å². The Labute approximate surface area is 156 Å². The first-order valence-electron chi connectivity index (χ1n) is 9.68. The number of carbonyl (C=O) groups excluding carboxylic acids is 1. The second kappa shape index (κ2) is 8.97. The van der Waals surface area contributed by atoms with E-state index in [1.165, 1.54) is 12.8 Å².